The van der Waals surface area contributed by atoms with Gasteiger partial charge in [0.05, 0.1) is 18.6 Å². The molecule has 17 heavy (non-hydrogen) atoms. The lowest BCUT2D eigenvalue weighted by atomic mass is 10.2. The van der Waals surface area contributed by atoms with E-state index in [2.05, 4.69) is 10.3 Å². The van der Waals surface area contributed by atoms with Crippen molar-refractivity contribution in [2.75, 3.05) is 20.7 Å². The number of rotatable bonds is 3. The van der Waals surface area contributed by atoms with Gasteiger partial charge in [0.1, 0.15) is 11.9 Å². The Balaban J connectivity index is 3.08. The number of hydrogen-bond acceptors (Lipinski definition) is 6. The fourth-order valence-corrected chi connectivity index (χ4v) is 1.18. The van der Waals surface area contributed by atoms with Crippen molar-refractivity contribution >= 4 is 12.3 Å². The van der Waals surface area contributed by atoms with Crippen LogP contribution in [-0.2, 0) is 9.53 Å². The minimum absolute atomic E-state index is 0.0580. The van der Waals surface area contributed by atoms with E-state index in [4.69, 9.17) is 10.00 Å². The third-order valence-electron chi connectivity index (χ3n) is 2.01. The molecule has 0 bridgehead atoms. The topological polar surface area (TPSA) is 77.7 Å². The maximum atomic E-state index is 11.5. The number of ether oxygens (including phenoxy) is 1. The lowest BCUT2D eigenvalue weighted by molar-refractivity contribution is -0.138. The molecule has 0 aromatic heterocycles. The number of esters is 1. The van der Waals surface area contributed by atoms with Crippen molar-refractivity contribution in [3.8, 4) is 6.07 Å². The van der Waals surface area contributed by atoms with Gasteiger partial charge in [-0.3, -0.25) is 0 Å². The van der Waals surface area contributed by atoms with Gasteiger partial charge in [-0.2, -0.15) is 5.26 Å². The first kappa shape index (κ1) is 12.8. The van der Waals surface area contributed by atoms with Crippen molar-refractivity contribution in [3.63, 3.8) is 0 Å². The summed E-state index contributed by atoms with van der Waals surface area (Å²) >= 11 is 0. The molecule has 0 radical (unpaired) electrons. The Kier molecular flexibility index (Phi) is 4.29. The third-order valence-corrected chi connectivity index (χ3v) is 2.01. The second kappa shape index (κ2) is 5.70. The monoisotopic (exact) mass is 234 g/mol. The van der Waals surface area contributed by atoms with Crippen LogP contribution in [-0.4, -0.2) is 37.9 Å². The van der Waals surface area contributed by atoms with Gasteiger partial charge in [0.2, 0.25) is 0 Å². The summed E-state index contributed by atoms with van der Waals surface area (Å²) in [4.78, 5) is 17.4. The van der Waals surface area contributed by atoms with Crippen molar-refractivity contribution in [1.29, 1.82) is 5.26 Å². The standard InChI is InChI=1S/C11H14N4O2/c1-4-17-11(16)8(6-12)9-5-10(15(2)3)14-7-13-9/h5,7H,4H2,1-3H3,(H,13,14)/b9-8-. The molecule has 0 aliphatic carbocycles. The second-order valence-electron chi connectivity index (χ2n) is 3.42. The largest absolute Gasteiger partial charge is 0.462 e. The molecule has 0 fully saturated rings. The molecule has 1 N–H and O–H groups in total. The van der Waals surface area contributed by atoms with E-state index < -0.39 is 5.97 Å². The van der Waals surface area contributed by atoms with Gasteiger partial charge in [0.15, 0.2) is 5.57 Å². The molecule has 0 saturated heterocycles. The SMILES string of the molecule is CCOC(=O)/C(C#N)=C1/C=C(N(C)C)N=CN1. The molecule has 6 heteroatoms. The number of allylic oxidation sites excluding steroid dienone is 1. The summed E-state index contributed by atoms with van der Waals surface area (Å²) in [5.41, 5.74) is 0.335. The first-order valence-corrected chi connectivity index (χ1v) is 5.09. The van der Waals surface area contributed by atoms with E-state index in [-0.39, 0.29) is 12.2 Å². The molecule has 0 amide bonds. The molecule has 6 nitrogen and oxygen atoms in total. The van der Waals surface area contributed by atoms with Crippen LogP contribution in [0.4, 0.5) is 0 Å². The molecule has 1 heterocycles. The summed E-state index contributed by atoms with van der Waals surface area (Å²) in [6.45, 7) is 1.92. The molecule has 1 aliphatic heterocycles. The number of hydrogen-bond donors (Lipinski definition) is 1. The van der Waals surface area contributed by atoms with Gasteiger partial charge < -0.3 is 15.0 Å². The number of nitrogens with one attached hydrogen (secondary N) is 1. The van der Waals surface area contributed by atoms with E-state index in [1.807, 2.05) is 20.2 Å². The number of nitriles is 1. The van der Waals surface area contributed by atoms with Gasteiger partial charge >= 0.3 is 5.97 Å². The van der Waals surface area contributed by atoms with Crippen molar-refractivity contribution in [1.82, 2.24) is 10.2 Å². The van der Waals surface area contributed by atoms with Crippen LogP contribution >= 0.6 is 0 Å². The van der Waals surface area contributed by atoms with Crippen LogP contribution in [0, 0.1) is 11.3 Å². The van der Waals surface area contributed by atoms with Crippen molar-refractivity contribution < 1.29 is 9.53 Å². The van der Waals surface area contributed by atoms with E-state index in [1.54, 1.807) is 17.9 Å². The van der Waals surface area contributed by atoms with Crippen LogP contribution in [0.3, 0.4) is 0 Å². The summed E-state index contributed by atoms with van der Waals surface area (Å²) in [6, 6.07) is 1.83. The normalized spacial score (nSPS) is 16.5. The van der Waals surface area contributed by atoms with Crippen molar-refractivity contribution in [2.24, 2.45) is 4.99 Å². The first-order chi connectivity index (χ1) is 8.10. The Bertz CT molecular complexity index is 441. The van der Waals surface area contributed by atoms with E-state index in [0.717, 1.165) is 0 Å². The molecule has 0 atom stereocenters. The molecule has 0 spiro atoms. The quantitative estimate of drug-likeness (QED) is 0.433. The molecule has 0 aromatic carbocycles. The van der Waals surface area contributed by atoms with Gasteiger partial charge in [-0.05, 0) is 6.92 Å². The van der Waals surface area contributed by atoms with Crippen LogP contribution in [0.25, 0.3) is 0 Å². The van der Waals surface area contributed by atoms with E-state index >= 15 is 0 Å². The summed E-state index contributed by atoms with van der Waals surface area (Å²) in [5.74, 6) is 0.0120. The lowest BCUT2D eigenvalue weighted by Gasteiger charge is -2.17. The molecule has 0 saturated carbocycles. The fraction of sp³-hybridized carbons (Fsp3) is 0.364. The van der Waals surface area contributed by atoms with Gasteiger partial charge in [-0.25, -0.2) is 9.79 Å². The molecule has 0 unspecified atom stereocenters. The number of carbonyl (C=O) groups is 1. The molecule has 1 aliphatic rings. The van der Waals surface area contributed by atoms with Gasteiger partial charge in [0, 0.05) is 20.2 Å². The van der Waals surface area contributed by atoms with Crippen LogP contribution in [0.1, 0.15) is 6.92 Å². The third kappa shape index (κ3) is 3.08. The molecular formula is C11H14N4O2. The molecule has 90 valence electrons. The van der Waals surface area contributed by atoms with E-state index in [9.17, 15) is 4.79 Å². The summed E-state index contributed by atoms with van der Waals surface area (Å²) in [5, 5.41) is 11.7. The van der Waals surface area contributed by atoms with E-state index in [0.29, 0.717) is 11.5 Å². The molecule has 1 rings (SSSR count). The van der Waals surface area contributed by atoms with Gasteiger partial charge in [-0.1, -0.05) is 0 Å². The highest BCUT2D eigenvalue weighted by Crippen LogP contribution is 2.12. The first-order valence-electron chi connectivity index (χ1n) is 5.09. The Morgan fingerprint density at radius 2 is 2.35 bits per heavy atom. The molecule has 0 aromatic rings. The summed E-state index contributed by atoms with van der Waals surface area (Å²) in [7, 11) is 3.64. The number of nitrogens with zero attached hydrogens (tertiary/aromatic N) is 3. The van der Waals surface area contributed by atoms with Gasteiger partial charge in [0.25, 0.3) is 0 Å². The zero-order chi connectivity index (χ0) is 12.8. The zero-order valence-electron chi connectivity index (χ0n) is 10.0. The highest BCUT2D eigenvalue weighted by atomic mass is 16.5. The maximum Gasteiger partial charge on any atom is 0.351 e. The predicted molar refractivity (Wildman–Crippen MR) is 62.7 cm³/mol. The Hall–Kier alpha value is -2.29. The smallest absolute Gasteiger partial charge is 0.351 e. The van der Waals surface area contributed by atoms with Crippen molar-refractivity contribution in [2.45, 2.75) is 6.92 Å². The predicted octanol–water partition coefficient (Wildman–Crippen LogP) is 0.362. The van der Waals surface area contributed by atoms with Crippen LogP contribution < -0.4 is 5.32 Å². The highest BCUT2D eigenvalue weighted by molar-refractivity contribution is 5.94. The average Bonchev–Trinajstić information content (AvgIpc) is 2.30. The van der Waals surface area contributed by atoms with Crippen LogP contribution in [0.15, 0.2) is 28.2 Å². The zero-order valence-corrected chi connectivity index (χ0v) is 10.0. The van der Waals surface area contributed by atoms with E-state index in [1.165, 1.54) is 6.34 Å². The maximum absolute atomic E-state index is 11.5. The fourth-order valence-electron chi connectivity index (χ4n) is 1.18. The van der Waals surface area contributed by atoms with Gasteiger partial charge in [-0.15, -0.1) is 0 Å². The lowest BCUT2D eigenvalue weighted by Crippen LogP contribution is -2.23. The minimum atomic E-state index is -0.637. The molecular weight excluding hydrogens is 220 g/mol. The van der Waals surface area contributed by atoms with Crippen LogP contribution in [0.2, 0.25) is 0 Å². The van der Waals surface area contributed by atoms with Crippen molar-refractivity contribution in [3.05, 3.63) is 23.2 Å². The minimum Gasteiger partial charge on any atom is -0.462 e. The highest BCUT2D eigenvalue weighted by Gasteiger charge is 2.17. The summed E-state index contributed by atoms with van der Waals surface area (Å²) < 4.78 is 4.80. The Labute approximate surface area is 99.9 Å². The summed E-state index contributed by atoms with van der Waals surface area (Å²) in [6.07, 6.45) is 3.05. The second-order valence-corrected chi connectivity index (χ2v) is 3.42. The number of aliphatic imine (C=N–C) groups is 1. The average molecular weight is 234 g/mol. The van der Waals surface area contributed by atoms with Crippen LogP contribution in [0.5, 0.6) is 0 Å². The Morgan fingerprint density at radius 1 is 1.65 bits per heavy atom. The Morgan fingerprint density at radius 3 is 2.88 bits per heavy atom. The number of carbonyl (C=O) groups excluding carboxylic acids is 1.